The summed E-state index contributed by atoms with van der Waals surface area (Å²) in [6.45, 7) is 4.04. The van der Waals surface area contributed by atoms with Crippen molar-refractivity contribution in [2.75, 3.05) is 0 Å². The second-order valence-corrected chi connectivity index (χ2v) is 5.73. The molecule has 4 heteroatoms. The summed E-state index contributed by atoms with van der Waals surface area (Å²) in [6, 6.07) is 9.72. The Labute approximate surface area is 132 Å². The number of esters is 1. The number of ether oxygens (including phenoxy) is 1. The molecule has 0 aliphatic rings. The fourth-order valence-electron chi connectivity index (χ4n) is 2.36. The molecule has 4 nitrogen and oxygen atoms in total. The molecule has 0 unspecified atom stereocenters. The maximum Gasteiger partial charge on any atom is 0.307 e. The number of hydrogen-bond donors (Lipinski definition) is 1. The number of unbranched alkanes of at least 4 members (excludes halogenated alkanes) is 1. The number of hydrogen-bond acceptors (Lipinski definition) is 3. The molecule has 1 aromatic carbocycles. The third-order valence-electron chi connectivity index (χ3n) is 3.77. The highest BCUT2D eigenvalue weighted by Gasteiger charge is 2.24. The van der Waals surface area contributed by atoms with Gasteiger partial charge in [0.25, 0.3) is 0 Å². The molecule has 2 atom stereocenters. The zero-order chi connectivity index (χ0) is 16.4. The number of carbonyl (C=O) groups excluding carboxylic acids is 1. The minimum Gasteiger partial charge on any atom is -0.481 e. The van der Waals surface area contributed by atoms with E-state index in [0.717, 1.165) is 24.8 Å². The summed E-state index contributed by atoms with van der Waals surface area (Å²) in [4.78, 5) is 22.9. The molecule has 0 radical (unpaired) electrons. The molecule has 0 fully saturated rings. The van der Waals surface area contributed by atoms with Crippen molar-refractivity contribution in [2.24, 2.45) is 5.92 Å². The Morgan fingerprint density at radius 3 is 2.50 bits per heavy atom. The molecule has 122 valence electrons. The van der Waals surface area contributed by atoms with E-state index in [1.807, 2.05) is 37.3 Å². The maximum absolute atomic E-state index is 12.0. The lowest BCUT2D eigenvalue weighted by Gasteiger charge is -2.22. The third-order valence-corrected chi connectivity index (χ3v) is 3.77. The summed E-state index contributed by atoms with van der Waals surface area (Å²) < 4.78 is 5.42. The topological polar surface area (TPSA) is 63.6 Å². The van der Waals surface area contributed by atoms with Crippen molar-refractivity contribution >= 4 is 11.9 Å². The van der Waals surface area contributed by atoms with Crippen LogP contribution in [0.25, 0.3) is 0 Å². The van der Waals surface area contributed by atoms with Crippen LogP contribution in [-0.4, -0.2) is 23.1 Å². The van der Waals surface area contributed by atoms with E-state index in [9.17, 15) is 9.59 Å². The third kappa shape index (κ3) is 7.25. The second-order valence-electron chi connectivity index (χ2n) is 5.73. The fourth-order valence-corrected chi connectivity index (χ4v) is 2.36. The van der Waals surface area contributed by atoms with E-state index >= 15 is 0 Å². The summed E-state index contributed by atoms with van der Waals surface area (Å²) in [5, 5.41) is 8.99. The molecular formula is C18H26O4. The largest absolute Gasteiger partial charge is 0.481 e. The smallest absolute Gasteiger partial charge is 0.307 e. The van der Waals surface area contributed by atoms with Crippen molar-refractivity contribution < 1.29 is 19.4 Å². The molecule has 0 aromatic heterocycles. The fraction of sp³-hybridized carbons (Fsp3) is 0.556. The van der Waals surface area contributed by atoms with Crippen molar-refractivity contribution in [3.05, 3.63) is 35.9 Å². The van der Waals surface area contributed by atoms with Crippen molar-refractivity contribution in [1.82, 2.24) is 0 Å². The highest BCUT2D eigenvalue weighted by atomic mass is 16.5. The first-order chi connectivity index (χ1) is 10.5. The first-order valence-electron chi connectivity index (χ1n) is 7.98. The molecule has 1 N–H and O–H groups in total. The first-order valence-corrected chi connectivity index (χ1v) is 7.98. The minimum atomic E-state index is -0.927. The summed E-state index contributed by atoms with van der Waals surface area (Å²) in [7, 11) is 0. The highest BCUT2D eigenvalue weighted by molar-refractivity contribution is 5.71. The normalized spacial score (nSPS) is 13.4. The second kappa shape index (κ2) is 9.98. The predicted octanol–water partition coefficient (Wildman–Crippen LogP) is 3.83. The Kier molecular flexibility index (Phi) is 8.26. The van der Waals surface area contributed by atoms with Gasteiger partial charge in [0.1, 0.15) is 6.10 Å². The minimum absolute atomic E-state index is 0.0664. The molecule has 0 bridgehead atoms. The van der Waals surface area contributed by atoms with Crippen LogP contribution >= 0.6 is 0 Å². The standard InChI is InChI=1S/C18H26O4/c1-3-4-8-14(2)16(13-17(19)20)22-18(21)12-11-15-9-6-5-7-10-15/h5-7,9-10,14,16H,3-4,8,11-13H2,1-2H3,(H,19,20)/t14-,16-/m0/s1. The molecule has 22 heavy (non-hydrogen) atoms. The number of carboxylic acid groups (broad SMARTS) is 1. The van der Waals surface area contributed by atoms with Crippen LogP contribution < -0.4 is 0 Å². The molecule has 0 saturated carbocycles. The van der Waals surface area contributed by atoms with E-state index in [-0.39, 0.29) is 24.7 Å². The van der Waals surface area contributed by atoms with Gasteiger partial charge in [0.2, 0.25) is 0 Å². The zero-order valence-electron chi connectivity index (χ0n) is 13.5. The monoisotopic (exact) mass is 306 g/mol. The lowest BCUT2D eigenvalue weighted by molar-refractivity contribution is -0.155. The molecule has 0 spiro atoms. The van der Waals surface area contributed by atoms with Crippen LogP contribution in [0, 0.1) is 5.92 Å². The molecule has 0 amide bonds. The number of aliphatic carboxylic acids is 1. The number of benzene rings is 1. The van der Waals surface area contributed by atoms with E-state index in [1.165, 1.54) is 0 Å². The van der Waals surface area contributed by atoms with Crippen LogP contribution in [-0.2, 0) is 20.7 Å². The Morgan fingerprint density at radius 1 is 1.23 bits per heavy atom. The number of carbonyl (C=O) groups is 2. The van der Waals surface area contributed by atoms with Gasteiger partial charge in [0.05, 0.1) is 6.42 Å². The van der Waals surface area contributed by atoms with Gasteiger partial charge in [-0.25, -0.2) is 0 Å². The Hall–Kier alpha value is -1.84. The average Bonchev–Trinajstić information content (AvgIpc) is 2.50. The quantitative estimate of drug-likeness (QED) is 0.667. The lowest BCUT2D eigenvalue weighted by Crippen LogP contribution is -2.28. The van der Waals surface area contributed by atoms with Crippen LogP contribution in [0.3, 0.4) is 0 Å². The van der Waals surface area contributed by atoms with Crippen molar-refractivity contribution in [3.63, 3.8) is 0 Å². The van der Waals surface area contributed by atoms with Gasteiger partial charge in [-0.3, -0.25) is 9.59 Å². The summed E-state index contributed by atoms with van der Waals surface area (Å²) in [6.07, 6.45) is 3.17. The van der Waals surface area contributed by atoms with E-state index in [0.29, 0.717) is 6.42 Å². The van der Waals surface area contributed by atoms with E-state index in [4.69, 9.17) is 9.84 Å². The molecule has 0 aliphatic carbocycles. The Morgan fingerprint density at radius 2 is 1.91 bits per heavy atom. The molecular weight excluding hydrogens is 280 g/mol. The highest BCUT2D eigenvalue weighted by Crippen LogP contribution is 2.19. The SMILES string of the molecule is CCCC[C@H](C)[C@H](CC(=O)O)OC(=O)CCc1ccccc1. The van der Waals surface area contributed by atoms with E-state index < -0.39 is 12.1 Å². The van der Waals surface area contributed by atoms with Crippen molar-refractivity contribution in [1.29, 1.82) is 0 Å². The molecule has 0 saturated heterocycles. The molecule has 0 aliphatic heterocycles. The van der Waals surface area contributed by atoms with Crippen LogP contribution in [0.1, 0.15) is 51.5 Å². The van der Waals surface area contributed by atoms with Crippen LogP contribution in [0.2, 0.25) is 0 Å². The summed E-state index contributed by atoms with van der Waals surface area (Å²) in [5.41, 5.74) is 1.08. The van der Waals surface area contributed by atoms with Gasteiger partial charge in [-0.2, -0.15) is 0 Å². The van der Waals surface area contributed by atoms with Crippen LogP contribution in [0.4, 0.5) is 0 Å². The van der Waals surface area contributed by atoms with Gasteiger partial charge in [0, 0.05) is 6.42 Å². The molecule has 0 heterocycles. The van der Waals surface area contributed by atoms with Gasteiger partial charge in [0.15, 0.2) is 0 Å². The van der Waals surface area contributed by atoms with E-state index in [2.05, 4.69) is 6.92 Å². The number of carboxylic acids is 1. The lowest BCUT2D eigenvalue weighted by atomic mass is 9.95. The van der Waals surface area contributed by atoms with Crippen LogP contribution in [0.5, 0.6) is 0 Å². The van der Waals surface area contributed by atoms with Gasteiger partial charge in [-0.1, -0.05) is 57.0 Å². The Balaban J connectivity index is 2.49. The van der Waals surface area contributed by atoms with Gasteiger partial charge < -0.3 is 9.84 Å². The zero-order valence-corrected chi connectivity index (χ0v) is 13.5. The summed E-state index contributed by atoms with van der Waals surface area (Å²) >= 11 is 0. The van der Waals surface area contributed by atoms with Gasteiger partial charge in [-0.05, 0) is 24.3 Å². The predicted molar refractivity (Wildman–Crippen MR) is 85.6 cm³/mol. The molecule has 1 rings (SSSR count). The van der Waals surface area contributed by atoms with Crippen molar-refractivity contribution in [2.45, 2.75) is 58.5 Å². The van der Waals surface area contributed by atoms with Crippen LogP contribution in [0.15, 0.2) is 30.3 Å². The van der Waals surface area contributed by atoms with Gasteiger partial charge in [-0.15, -0.1) is 0 Å². The number of aryl methyl sites for hydroxylation is 1. The first kappa shape index (κ1) is 18.2. The number of rotatable bonds is 10. The average molecular weight is 306 g/mol. The maximum atomic E-state index is 12.0. The van der Waals surface area contributed by atoms with Gasteiger partial charge >= 0.3 is 11.9 Å². The summed E-state index contributed by atoms with van der Waals surface area (Å²) in [5.74, 6) is -1.18. The Bertz CT molecular complexity index is 455. The van der Waals surface area contributed by atoms with Crippen molar-refractivity contribution in [3.8, 4) is 0 Å². The molecule has 1 aromatic rings. The van der Waals surface area contributed by atoms with E-state index in [1.54, 1.807) is 0 Å².